The van der Waals surface area contributed by atoms with Crippen molar-refractivity contribution >= 4 is 0 Å². The van der Waals surface area contributed by atoms with Crippen molar-refractivity contribution in [2.24, 2.45) is 0 Å². The molecule has 0 bridgehead atoms. The molecule has 4 aliphatic rings. The Balaban J connectivity index is 1.49. The molecule has 4 heterocycles. The van der Waals surface area contributed by atoms with E-state index in [2.05, 4.69) is 0 Å². The van der Waals surface area contributed by atoms with E-state index in [-0.39, 0.29) is 0 Å². The maximum atomic E-state index is 11.0. The summed E-state index contributed by atoms with van der Waals surface area (Å²) in [4.78, 5) is 0. The van der Waals surface area contributed by atoms with Gasteiger partial charge in [0.2, 0.25) is 5.79 Å². The minimum Gasteiger partial charge on any atom is -0.394 e. The summed E-state index contributed by atoms with van der Waals surface area (Å²) < 4.78 is 37.9. The number of hydrogen-bond donors (Lipinski definition) is 14. The van der Waals surface area contributed by atoms with Crippen LogP contribution in [0.25, 0.3) is 0 Å². The molecule has 0 radical (unpaired) electrons. The Bertz CT molecular complexity index is 929. The molecular formula is C24H42O21. The predicted octanol–water partition coefficient (Wildman–Crippen LogP) is -9.75. The maximum absolute atomic E-state index is 11.0. The van der Waals surface area contributed by atoms with Gasteiger partial charge >= 0.3 is 0 Å². The third kappa shape index (κ3) is 7.01. The van der Waals surface area contributed by atoms with Gasteiger partial charge in [-0.15, -0.1) is 0 Å². The molecule has 0 unspecified atom stereocenters. The summed E-state index contributed by atoms with van der Waals surface area (Å²) in [5, 5.41) is 143. The van der Waals surface area contributed by atoms with Gasteiger partial charge in [-0.3, -0.25) is 0 Å². The smallest absolute Gasteiger partial charge is 0.224 e. The topological polar surface area (TPSA) is 348 Å². The van der Waals surface area contributed by atoms with Crippen molar-refractivity contribution in [3.63, 3.8) is 0 Å². The largest absolute Gasteiger partial charge is 0.394 e. The van der Waals surface area contributed by atoms with Gasteiger partial charge in [0.25, 0.3) is 0 Å². The molecule has 4 rings (SSSR count). The Labute approximate surface area is 254 Å². The summed E-state index contributed by atoms with van der Waals surface area (Å²) in [6, 6.07) is 0. The van der Waals surface area contributed by atoms with Crippen LogP contribution in [0.4, 0.5) is 0 Å². The first-order chi connectivity index (χ1) is 21.3. The second-order valence-electron chi connectivity index (χ2n) is 11.2. The number of hydrogen-bond acceptors (Lipinski definition) is 21. The Kier molecular flexibility index (Phi) is 12.5. The average Bonchev–Trinajstić information content (AvgIpc) is 3.28. The molecule has 4 saturated heterocycles. The summed E-state index contributed by atoms with van der Waals surface area (Å²) in [5.41, 5.74) is 0. The van der Waals surface area contributed by atoms with Gasteiger partial charge in [0.05, 0.1) is 26.4 Å². The fourth-order valence-corrected chi connectivity index (χ4v) is 5.60. The van der Waals surface area contributed by atoms with E-state index in [9.17, 15) is 71.5 Å². The minimum absolute atomic E-state index is 0.788. The van der Waals surface area contributed by atoms with Crippen LogP contribution in [-0.2, 0) is 33.2 Å². The molecule has 0 amide bonds. The Morgan fingerprint density at radius 2 is 0.933 bits per heavy atom. The number of rotatable bonds is 11. The summed E-state index contributed by atoms with van der Waals surface area (Å²) in [6.07, 6.45) is -32.4. The fraction of sp³-hybridized carbons (Fsp3) is 1.00. The van der Waals surface area contributed by atoms with Gasteiger partial charge in [-0.1, -0.05) is 0 Å². The first kappa shape index (κ1) is 37.0. The molecule has 14 N–H and O–H groups in total. The highest BCUT2D eigenvalue weighted by atomic mass is 16.8. The van der Waals surface area contributed by atoms with Gasteiger partial charge in [0.15, 0.2) is 18.9 Å². The second kappa shape index (κ2) is 15.1. The molecule has 0 spiro atoms. The molecular weight excluding hydrogens is 624 g/mol. The van der Waals surface area contributed by atoms with E-state index in [1.807, 2.05) is 0 Å². The maximum Gasteiger partial charge on any atom is 0.224 e. The zero-order valence-corrected chi connectivity index (χ0v) is 23.5. The van der Waals surface area contributed by atoms with Gasteiger partial charge in [-0.25, -0.2) is 0 Å². The van der Waals surface area contributed by atoms with Crippen molar-refractivity contribution in [2.45, 2.75) is 116 Å². The summed E-state index contributed by atoms with van der Waals surface area (Å²) in [7, 11) is 0. The van der Waals surface area contributed by atoms with Crippen LogP contribution in [0.3, 0.4) is 0 Å². The van der Waals surface area contributed by atoms with Crippen molar-refractivity contribution in [1.82, 2.24) is 0 Å². The molecule has 21 nitrogen and oxygen atoms in total. The average molecular weight is 667 g/mol. The van der Waals surface area contributed by atoms with Crippen LogP contribution < -0.4 is 0 Å². The van der Waals surface area contributed by atoms with E-state index in [1.165, 1.54) is 0 Å². The molecule has 19 atom stereocenters. The van der Waals surface area contributed by atoms with E-state index < -0.39 is 149 Å². The Morgan fingerprint density at radius 1 is 0.444 bits per heavy atom. The minimum atomic E-state index is -2.44. The predicted molar refractivity (Wildman–Crippen MR) is 134 cm³/mol. The lowest BCUT2D eigenvalue weighted by atomic mass is 9.96. The van der Waals surface area contributed by atoms with Crippen LogP contribution in [-0.4, -0.2) is 221 Å². The molecule has 0 aromatic rings. The zero-order valence-electron chi connectivity index (χ0n) is 23.5. The van der Waals surface area contributed by atoms with Crippen molar-refractivity contribution in [1.29, 1.82) is 0 Å². The van der Waals surface area contributed by atoms with Gasteiger partial charge in [-0.2, -0.15) is 0 Å². The molecule has 0 saturated carbocycles. The first-order valence-electron chi connectivity index (χ1n) is 14.1. The SMILES string of the molecule is OC[C@H]1O[C@@](CO)(O[C@H]2O[C@H](CO)[C@@H](O[C@H]3O[C@H](CO)[C@@H](O)[C@@H](O[C@H]4O[C@H](CO)[C@@H](O)[C@H](O)[C@H]4O)[C@H]3O)[C@H](O)[C@H]2O)[C@@H](O)[C@@H]1O. The van der Waals surface area contributed by atoms with Crippen LogP contribution >= 0.6 is 0 Å². The molecule has 4 fully saturated rings. The standard InChI is InChI=1S/C24H42O21/c25-1-6-10(30)13(33)15(35)21(39-6)43-19-11(31)7(2-26)40-22(17(19)37)42-18-9(4-28)41-23(16(36)14(18)34)45-24(5-29)20(38)12(32)8(3-27)44-24/h6-23,25-38H,1-5H2/t6-,7-,8-,9-,10-,11-,12-,13+,14-,15-,16-,17-,18-,19-,20+,21-,22-,23-,24+/m1/s1. The van der Waals surface area contributed by atoms with Crippen LogP contribution in [0.5, 0.6) is 0 Å². The molecule has 4 aliphatic heterocycles. The van der Waals surface area contributed by atoms with Crippen molar-refractivity contribution in [3.8, 4) is 0 Å². The van der Waals surface area contributed by atoms with E-state index >= 15 is 0 Å². The highest BCUT2D eigenvalue weighted by Crippen LogP contribution is 2.37. The highest BCUT2D eigenvalue weighted by molar-refractivity contribution is 5.00. The van der Waals surface area contributed by atoms with E-state index in [1.54, 1.807) is 0 Å². The monoisotopic (exact) mass is 666 g/mol. The van der Waals surface area contributed by atoms with Gasteiger partial charge in [-0.05, 0) is 0 Å². The summed E-state index contributed by atoms with van der Waals surface area (Å²) in [5.74, 6) is -2.44. The lowest BCUT2D eigenvalue weighted by molar-refractivity contribution is -0.403. The summed E-state index contributed by atoms with van der Waals surface area (Å²) in [6.45, 7) is -4.54. The summed E-state index contributed by atoms with van der Waals surface area (Å²) >= 11 is 0. The zero-order chi connectivity index (χ0) is 33.4. The van der Waals surface area contributed by atoms with Crippen LogP contribution in [0, 0.1) is 0 Å². The highest BCUT2D eigenvalue weighted by Gasteiger charge is 2.59. The third-order valence-electron chi connectivity index (χ3n) is 8.30. The lowest BCUT2D eigenvalue weighted by Crippen LogP contribution is -2.67. The van der Waals surface area contributed by atoms with Gasteiger partial charge in [0, 0.05) is 0 Å². The fourth-order valence-electron chi connectivity index (χ4n) is 5.60. The molecule has 0 aromatic heterocycles. The number of ether oxygens (including phenoxy) is 7. The van der Waals surface area contributed by atoms with E-state index in [4.69, 9.17) is 33.2 Å². The van der Waals surface area contributed by atoms with Crippen molar-refractivity contribution in [3.05, 3.63) is 0 Å². The molecule has 45 heavy (non-hydrogen) atoms. The van der Waals surface area contributed by atoms with Gasteiger partial charge < -0.3 is 105 Å². The quantitative estimate of drug-likeness (QED) is 0.0973. The molecule has 0 aromatic carbocycles. The van der Waals surface area contributed by atoms with Crippen LogP contribution in [0.15, 0.2) is 0 Å². The van der Waals surface area contributed by atoms with Crippen molar-refractivity contribution in [2.75, 3.05) is 33.0 Å². The second-order valence-corrected chi connectivity index (χ2v) is 11.2. The van der Waals surface area contributed by atoms with Gasteiger partial charge in [0.1, 0.15) is 98.2 Å². The van der Waals surface area contributed by atoms with E-state index in [0.717, 1.165) is 0 Å². The Hall–Kier alpha value is -0.840. The molecule has 264 valence electrons. The van der Waals surface area contributed by atoms with Crippen LogP contribution in [0.2, 0.25) is 0 Å². The molecule has 0 aliphatic carbocycles. The number of aliphatic hydroxyl groups excluding tert-OH is 14. The van der Waals surface area contributed by atoms with Crippen LogP contribution in [0.1, 0.15) is 0 Å². The van der Waals surface area contributed by atoms with E-state index in [0.29, 0.717) is 0 Å². The van der Waals surface area contributed by atoms with Crippen molar-refractivity contribution < 1.29 is 105 Å². The Morgan fingerprint density at radius 3 is 1.47 bits per heavy atom. The third-order valence-corrected chi connectivity index (χ3v) is 8.30. The first-order valence-corrected chi connectivity index (χ1v) is 14.1. The molecule has 21 heteroatoms. The normalized spacial score (nSPS) is 52.7. The lowest BCUT2D eigenvalue weighted by Gasteiger charge is -2.48. The number of aliphatic hydroxyl groups is 14.